The van der Waals surface area contributed by atoms with Gasteiger partial charge >= 0.3 is 5.97 Å². The van der Waals surface area contributed by atoms with Crippen LogP contribution in [0, 0.1) is 0 Å². The number of hydrogen-bond donors (Lipinski definition) is 0. The second-order valence-electron chi connectivity index (χ2n) is 2.89. The maximum Gasteiger partial charge on any atom is 0.348 e. The molecule has 0 saturated heterocycles. The third-order valence-electron chi connectivity index (χ3n) is 1.89. The first-order valence-corrected chi connectivity index (χ1v) is 4.40. The van der Waals surface area contributed by atoms with E-state index in [-0.39, 0.29) is 6.04 Å². The lowest BCUT2D eigenvalue weighted by Crippen LogP contribution is -2.02. The third-order valence-corrected chi connectivity index (χ3v) is 1.89. The average Bonchev–Trinajstić information content (AvgIpc) is 2.26. The van der Waals surface area contributed by atoms with Crippen molar-refractivity contribution in [3.05, 3.63) is 35.9 Å². The minimum absolute atomic E-state index is 0.0182. The first-order valence-electron chi connectivity index (χ1n) is 4.40. The topological polar surface area (TPSA) is 38.7 Å². The number of rotatable bonds is 3. The van der Waals surface area contributed by atoms with Gasteiger partial charge in [-0.2, -0.15) is 0 Å². The molecule has 0 bridgehead atoms. The van der Waals surface area contributed by atoms with Crippen molar-refractivity contribution >= 4 is 12.2 Å². The zero-order valence-electron chi connectivity index (χ0n) is 8.31. The summed E-state index contributed by atoms with van der Waals surface area (Å²) in [5, 5.41) is 0. The number of carbonyl (C=O) groups excluding carboxylic acids is 1. The summed E-state index contributed by atoms with van der Waals surface area (Å²) in [7, 11) is 1.33. The van der Waals surface area contributed by atoms with Crippen LogP contribution in [-0.2, 0) is 9.53 Å². The highest BCUT2D eigenvalue weighted by Gasteiger charge is 2.01. The quantitative estimate of drug-likeness (QED) is 0.541. The Labute approximate surface area is 83.4 Å². The second-order valence-corrected chi connectivity index (χ2v) is 2.89. The van der Waals surface area contributed by atoms with Gasteiger partial charge in [0.15, 0.2) is 0 Å². The largest absolute Gasteiger partial charge is 0.465 e. The maximum absolute atomic E-state index is 10.8. The van der Waals surface area contributed by atoms with Gasteiger partial charge in [-0.05, 0) is 12.5 Å². The van der Waals surface area contributed by atoms with E-state index in [1.165, 1.54) is 13.3 Å². The van der Waals surface area contributed by atoms with Crippen molar-refractivity contribution in [3.8, 4) is 0 Å². The molecule has 74 valence electrons. The van der Waals surface area contributed by atoms with E-state index in [1.807, 2.05) is 37.3 Å². The third kappa shape index (κ3) is 3.01. The van der Waals surface area contributed by atoms with Crippen molar-refractivity contribution in [2.24, 2.45) is 4.99 Å². The first kappa shape index (κ1) is 10.4. The van der Waals surface area contributed by atoms with Crippen LogP contribution in [-0.4, -0.2) is 19.3 Å². The summed E-state index contributed by atoms with van der Waals surface area (Å²) < 4.78 is 4.45. The van der Waals surface area contributed by atoms with Crippen molar-refractivity contribution < 1.29 is 9.53 Å². The molecule has 0 fully saturated rings. The Morgan fingerprint density at radius 1 is 1.43 bits per heavy atom. The van der Waals surface area contributed by atoms with Crippen LogP contribution < -0.4 is 0 Å². The number of carbonyl (C=O) groups is 1. The van der Waals surface area contributed by atoms with Crippen molar-refractivity contribution in [3.63, 3.8) is 0 Å². The number of hydrogen-bond acceptors (Lipinski definition) is 3. The molecule has 0 aliphatic heterocycles. The van der Waals surface area contributed by atoms with Crippen LogP contribution >= 0.6 is 0 Å². The molecule has 0 aromatic heterocycles. The van der Waals surface area contributed by atoms with E-state index >= 15 is 0 Å². The molecule has 3 nitrogen and oxygen atoms in total. The van der Waals surface area contributed by atoms with Gasteiger partial charge in [0.05, 0.1) is 13.2 Å². The molecule has 1 aromatic rings. The van der Waals surface area contributed by atoms with Gasteiger partial charge in [-0.15, -0.1) is 0 Å². The van der Waals surface area contributed by atoms with Crippen LogP contribution in [0.3, 0.4) is 0 Å². The summed E-state index contributed by atoms with van der Waals surface area (Å²) in [6.07, 6.45) is 1.21. The summed E-state index contributed by atoms with van der Waals surface area (Å²) in [4.78, 5) is 14.8. The normalized spacial score (nSPS) is 12.7. The SMILES string of the molecule is COC(=O)/C=N/C(C)c1ccccc1. The van der Waals surface area contributed by atoms with Crippen molar-refractivity contribution in [1.82, 2.24) is 0 Å². The maximum atomic E-state index is 10.8. The first-order chi connectivity index (χ1) is 6.74. The highest BCUT2D eigenvalue weighted by Crippen LogP contribution is 2.14. The van der Waals surface area contributed by atoms with E-state index in [9.17, 15) is 4.79 Å². The lowest BCUT2D eigenvalue weighted by molar-refractivity contribution is -0.132. The Kier molecular flexibility index (Phi) is 3.85. The van der Waals surface area contributed by atoms with Crippen molar-refractivity contribution in [1.29, 1.82) is 0 Å². The number of ether oxygens (including phenoxy) is 1. The molecule has 3 heteroatoms. The molecule has 0 aliphatic carbocycles. The van der Waals surface area contributed by atoms with Gasteiger partial charge in [0.1, 0.15) is 6.21 Å². The van der Waals surface area contributed by atoms with Crippen molar-refractivity contribution in [2.45, 2.75) is 13.0 Å². The molecule has 14 heavy (non-hydrogen) atoms. The number of methoxy groups -OCH3 is 1. The molecule has 1 rings (SSSR count). The number of aliphatic imine (C=N–C) groups is 1. The average molecular weight is 191 g/mol. The molecule has 0 N–H and O–H groups in total. The van der Waals surface area contributed by atoms with E-state index in [1.54, 1.807) is 0 Å². The Bertz CT molecular complexity index is 319. The Hall–Kier alpha value is -1.64. The van der Waals surface area contributed by atoms with Crippen LogP contribution in [0.15, 0.2) is 35.3 Å². The monoisotopic (exact) mass is 191 g/mol. The van der Waals surface area contributed by atoms with Gasteiger partial charge in [0.2, 0.25) is 0 Å². The molecule has 0 spiro atoms. The van der Waals surface area contributed by atoms with Crippen molar-refractivity contribution in [2.75, 3.05) is 7.11 Å². The minimum atomic E-state index is -0.423. The van der Waals surface area contributed by atoms with E-state index in [2.05, 4.69) is 9.73 Å². The molecule has 0 heterocycles. The van der Waals surface area contributed by atoms with E-state index in [4.69, 9.17) is 0 Å². The molecular weight excluding hydrogens is 178 g/mol. The number of nitrogens with zero attached hydrogens (tertiary/aromatic N) is 1. The van der Waals surface area contributed by atoms with E-state index < -0.39 is 5.97 Å². The highest BCUT2D eigenvalue weighted by molar-refractivity contribution is 6.23. The van der Waals surface area contributed by atoms with Gasteiger partial charge < -0.3 is 4.74 Å². The number of esters is 1. The summed E-state index contributed by atoms with van der Waals surface area (Å²) in [6.45, 7) is 1.93. The van der Waals surface area contributed by atoms with Crippen LogP contribution in [0.2, 0.25) is 0 Å². The summed E-state index contributed by atoms with van der Waals surface area (Å²) in [5.41, 5.74) is 1.08. The zero-order valence-corrected chi connectivity index (χ0v) is 8.31. The van der Waals surface area contributed by atoms with Crippen LogP contribution in [0.25, 0.3) is 0 Å². The zero-order chi connectivity index (χ0) is 10.4. The van der Waals surface area contributed by atoms with Gasteiger partial charge in [0, 0.05) is 0 Å². The Balaban J connectivity index is 2.63. The summed E-state index contributed by atoms with van der Waals surface area (Å²) in [6, 6.07) is 9.76. The van der Waals surface area contributed by atoms with Gasteiger partial charge in [-0.25, -0.2) is 4.79 Å². The van der Waals surface area contributed by atoms with Crippen LogP contribution in [0.1, 0.15) is 18.5 Å². The summed E-state index contributed by atoms with van der Waals surface area (Å²) in [5.74, 6) is -0.423. The van der Waals surface area contributed by atoms with Gasteiger partial charge in [-0.1, -0.05) is 30.3 Å². The predicted octanol–water partition coefficient (Wildman–Crippen LogP) is 1.99. The lowest BCUT2D eigenvalue weighted by atomic mass is 10.1. The highest BCUT2D eigenvalue weighted by atomic mass is 16.5. The standard InChI is InChI=1S/C11H13NO2/c1-9(12-8-11(13)14-2)10-6-4-3-5-7-10/h3-9H,1-2H3/b12-8+. The fourth-order valence-corrected chi connectivity index (χ4v) is 1.04. The smallest absolute Gasteiger partial charge is 0.348 e. The van der Waals surface area contributed by atoms with Crippen LogP contribution in [0.5, 0.6) is 0 Å². The molecule has 0 aliphatic rings. The lowest BCUT2D eigenvalue weighted by Gasteiger charge is -2.04. The molecule has 1 aromatic carbocycles. The number of benzene rings is 1. The molecule has 1 atom stereocenters. The fraction of sp³-hybridized carbons (Fsp3) is 0.273. The van der Waals surface area contributed by atoms with E-state index in [0.29, 0.717) is 0 Å². The molecule has 0 saturated carbocycles. The second kappa shape index (κ2) is 5.17. The molecular formula is C11H13NO2. The van der Waals surface area contributed by atoms with E-state index in [0.717, 1.165) is 5.56 Å². The van der Waals surface area contributed by atoms with Gasteiger partial charge in [0.25, 0.3) is 0 Å². The molecule has 0 radical (unpaired) electrons. The fourth-order valence-electron chi connectivity index (χ4n) is 1.04. The van der Waals surface area contributed by atoms with Crippen LogP contribution in [0.4, 0.5) is 0 Å². The Morgan fingerprint density at radius 3 is 2.64 bits per heavy atom. The Morgan fingerprint density at radius 2 is 2.07 bits per heavy atom. The molecule has 1 unspecified atom stereocenters. The predicted molar refractivity (Wildman–Crippen MR) is 55.4 cm³/mol. The summed E-state index contributed by atoms with van der Waals surface area (Å²) >= 11 is 0. The van der Waals surface area contributed by atoms with Gasteiger partial charge in [-0.3, -0.25) is 4.99 Å². The minimum Gasteiger partial charge on any atom is -0.465 e. The molecule has 0 amide bonds.